The quantitative estimate of drug-likeness (QED) is 0.578. The Morgan fingerprint density at radius 3 is 2.52 bits per heavy atom. The van der Waals surface area contributed by atoms with Gasteiger partial charge in [-0.2, -0.15) is 0 Å². The van der Waals surface area contributed by atoms with Gasteiger partial charge >= 0.3 is 5.97 Å². The zero-order valence-corrected chi connectivity index (χ0v) is 16.2. The minimum atomic E-state index is -1.01. The SMILES string of the molecule is CCCC[C@@H](C(=O)O)N1C(=O)/C(=C/c2ccc(N(C)C)cc2)SC1=S. The van der Waals surface area contributed by atoms with Crippen LogP contribution in [0.3, 0.4) is 0 Å². The fraction of sp³-hybridized carbons (Fsp3) is 0.389. The van der Waals surface area contributed by atoms with Crippen LogP contribution < -0.4 is 4.90 Å². The molecule has 0 radical (unpaired) electrons. The van der Waals surface area contributed by atoms with E-state index in [0.29, 0.717) is 15.6 Å². The first-order valence-electron chi connectivity index (χ1n) is 8.12. The molecular weight excluding hydrogens is 356 g/mol. The normalized spacial score (nSPS) is 17.2. The monoisotopic (exact) mass is 378 g/mol. The Balaban J connectivity index is 2.23. The molecule has 2 rings (SSSR count). The molecule has 1 aromatic carbocycles. The van der Waals surface area contributed by atoms with Gasteiger partial charge in [-0.05, 0) is 30.2 Å². The number of unbranched alkanes of at least 4 members (excludes halogenated alkanes) is 1. The van der Waals surface area contributed by atoms with Crippen LogP contribution in [0.1, 0.15) is 31.7 Å². The van der Waals surface area contributed by atoms with E-state index in [1.54, 1.807) is 6.08 Å². The largest absolute Gasteiger partial charge is 0.480 e. The molecule has 0 saturated carbocycles. The summed E-state index contributed by atoms with van der Waals surface area (Å²) < 4.78 is 0.310. The Morgan fingerprint density at radius 2 is 2.00 bits per heavy atom. The molecule has 0 aromatic heterocycles. The van der Waals surface area contributed by atoms with Gasteiger partial charge in [-0.15, -0.1) is 0 Å². The average molecular weight is 379 g/mol. The van der Waals surface area contributed by atoms with E-state index in [1.807, 2.05) is 50.2 Å². The number of carbonyl (C=O) groups excluding carboxylic acids is 1. The fourth-order valence-electron chi connectivity index (χ4n) is 2.53. The van der Waals surface area contributed by atoms with Crippen LogP contribution in [0.2, 0.25) is 0 Å². The number of benzene rings is 1. The van der Waals surface area contributed by atoms with Crippen molar-refractivity contribution in [1.82, 2.24) is 4.90 Å². The van der Waals surface area contributed by atoms with Crippen LogP contribution in [0.15, 0.2) is 29.2 Å². The van der Waals surface area contributed by atoms with E-state index in [1.165, 1.54) is 4.90 Å². The van der Waals surface area contributed by atoms with Crippen molar-refractivity contribution >= 4 is 51.9 Å². The fourth-order valence-corrected chi connectivity index (χ4v) is 3.89. The number of hydrogen-bond acceptors (Lipinski definition) is 5. The molecule has 1 heterocycles. The minimum Gasteiger partial charge on any atom is -0.480 e. The molecule has 25 heavy (non-hydrogen) atoms. The average Bonchev–Trinajstić information content (AvgIpc) is 2.83. The molecular formula is C18H22N2O3S2. The molecule has 1 saturated heterocycles. The van der Waals surface area contributed by atoms with E-state index in [4.69, 9.17) is 12.2 Å². The predicted octanol–water partition coefficient (Wildman–Crippen LogP) is 3.60. The van der Waals surface area contributed by atoms with Gasteiger partial charge in [-0.1, -0.05) is 55.9 Å². The molecule has 1 atom stereocenters. The number of thiocarbonyl (C=S) groups is 1. The van der Waals surface area contributed by atoms with Gasteiger partial charge in [0.1, 0.15) is 10.4 Å². The summed E-state index contributed by atoms with van der Waals surface area (Å²) in [6.45, 7) is 1.99. The summed E-state index contributed by atoms with van der Waals surface area (Å²) >= 11 is 6.43. The lowest BCUT2D eigenvalue weighted by atomic mass is 10.1. The van der Waals surface area contributed by atoms with Crippen molar-refractivity contribution in [1.29, 1.82) is 0 Å². The summed E-state index contributed by atoms with van der Waals surface area (Å²) in [4.78, 5) is 28.0. The Morgan fingerprint density at radius 1 is 1.36 bits per heavy atom. The molecule has 1 N–H and O–H groups in total. The van der Waals surface area contributed by atoms with Crippen molar-refractivity contribution in [3.63, 3.8) is 0 Å². The molecule has 134 valence electrons. The summed E-state index contributed by atoms with van der Waals surface area (Å²) in [5, 5.41) is 9.47. The van der Waals surface area contributed by atoms with Crippen LogP contribution in [-0.4, -0.2) is 46.3 Å². The number of hydrogen-bond donors (Lipinski definition) is 1. The van der Waals surface area contributed by atoms with Crippen LogP contribution in [0.25, 0.3) is 6.08 Å². The topological polar surface area (TPSA) is 60.9 Å². The third-order valence-corrected chi connectivity index (χ3v) is 5.29. The van der Waals surface area contributed by atoms with E-state index in [0.717, 1.165) is 35.9 Å². The van der Waals surface area contributed by atoms with Crippen molar-refractivity contribution in [2.45, 2.75) is 32.2 Å². The Labute approximate surface area is 157 Å². The number of amides is 1. The van der Waals surface area contributed by atoms with Crippen molar-refractivity contribution in [2.24, 2.45) is 0 Å². The maximum Gasteiger partial charge on any atom is 0.326 e. The van der Waals surface area contributed by atoms with Gasteiger partial charge in [0.15, 0.2) is 0 Å². The van der Waals surface area contributed by atoms with Crippen LogP contribution in [-0.2, 0) is 9.59 Å². The first-order valence-corrected chi connectivity index (χ1v) is 9.35. The van der Waals surface area contributed by atoms with Crippen molar-refractivity contribution in [3.05, 3.63) is 34.7 Å². The van der Waals surface area contributed by atoms with Crippen LogP contribution in [0.5, 0.6) is 0 Å². The molecule has 0 bridgehead atoms. The van der Waals surface area contributed by atoms with E-state index in [9.17, 15) is 14.7 Å². The Bertz CT molecular complexity index is 699. The summed E-state index contributed by atoms with van der Waals surface area (Å²) in [5.41, 5.74) is 1.95. The first kappa shape index (κ1) is 19.5. The lowest BCUT2D eigenvalue weighted by Gasteiger charge is -2.22. The van der Waals surface area contributed by atoms with Crippen LogP contribution in [0, 0.1) is 0 Å². The van der Waals surface area contributed by atoms with Crippen molar-refractivity contribution < 1.29 is 14.7 Å². The van der Waals surface area contributed by atoms with Gasteiger partial charge in [0.25, 0.3) is 5.91 Å². The maximum atomic E-state index is 12.7. The molecule has 0 aliphatic carbocycles. The van der Waals surface area contributed by atoms with E-state index in [2.05, 4.69) is 0 Å². The van der Waals surface area contributed by atoms with Gasteiger partial charge in [0.05, 0.1) is 4.91 Å². The molecule has 5 nitrogen and oxygen atoms in total. The third kappa shape index (κ3) is 4.61. The number of rotatable bonds is 7. The summed E-state index contributed by atoms with van der Waals surface area (Å²) in [6.07, 6.45) is 3.77. The standard InChI is InChI=1S/C18H22N2O3S2/c1-4-5-6-14(17(22)23)20-16(21)15(25-18(20)24)11-12-7-9-13(10-8-12)19(2)3/h7-11,14H,4-6H2,1-3H3,(H,22,23)/b15-11-/t14-/m0/s1. The second kappa shape index (κ2) is 8.49. The highest BCUT2D eigenvalue weighted by molar-refractivity contribution is 8.26. The smallest absolute Gasteiger partial charge is 0.326 e. The lowest BCUT2D eigenvalue weighted by Crippen LogP contribution is -2.43. The second-order valence-corrected chi connectivity index (χ2v) is 7.71. The highest BCUT2D eigenvalue weighted by Gasteiger charge is 2.40. The highest BCUT2D eigenvalue weighted by atomic mass is 32.2. The maximum absolute atomic E-state index is 12.7. The number of nitrogens with zero attached hydrogens (tertiary/aromatic N) is 2. The number of anilines is 1. The first-order chi connectivity index (χ1) is 11.8. The molecule has 1 aromatic rings. The van der Waals surface area contributed by atoms with Crippen molar-refractivity contribution in [3.8, 4) is 0 Å². The zero-order chi connectivity index (χ0) is 18.6. The third-order valence-electron chi connectivity index (χ3n) is 3.96. The second-order valence-electron chi connectivity index (χ2n) is 6.03. The van der Waals surface area contributed by atoms with Gasteiger partial charge in [0, 0.05) is 19.8 Å². The molecule has 7 heteroatoms. The number of carbonyl (C=O) groups is 2. The van der Waals surface area contributed by atoms with Crippen LogP contribution in [0.4, 0.5) is 5.69 Å². The summed E-state index contributed by atoms with van der Waals surface area (Å²) in [7, 11) is 3.92. The van der Waals surface area contributed by atoms with Gasteiger partial charge < -0.3 is 10.0 Å². The zero-order valence-electron chi connectivity index (χ0n) is 14.6. The van der Waals surface area contributed by atoms with E-state index in [-0.39, 0.29) is 5.91 Å². The molecule has 1 aliphatic rings. The highest BCUT2D eigenvalue weighted by Crippen LogP contribution is 2.35. The molecule has 1 fully saturated rings. The van der Waals surface area contributed by atoms with Gasteiger partial charge in [-0.25, -0.2) is 4.79 Å². The summed E-state index contributed by atoms with van der Waals surface area (Å²) in [6, 6.07) is 6.89. The number of carboxylic acids is 1. The molecule has 1 aliphatic heterocycles. The molecule has 1 amide bonds. The van der Waals surface area contributed by atoms with E-state index >= 15 is 0 Å². The Kier molecular flexibility index (Phi) is 6.61. The molecule has 0 spiro atoms. The van der Waals surface area contributed by atoms with Crippen molar-refractivity contribution in [2.75, 3.05) is 19.0 Å². The number of aliphatic carboxylic acids is 1. The number of carboxylic acid groups (broad SMARTS) is 1. The van der Waals surface area contributed by atoms with Gasteiger partial charge in [0.2, 0.25) is 0 Å². The number of thioether (sulfide) groups is 1. The lowest BCUT2D eigenvalue weighted by molar-refractivity contribution is -0.145. The Hall–Kier alpha value is -1.86. The minimum absolute atomic E-state index is 0.310. The van der Waals surface area contributed by atoms with E-state index < -0.39 is 12.0 Å². The van der Waals surface area contributed by atoms with Gasteiger partial charge in [-0.3, -0.25) is 9.69 Å². The predicted molar refractivity (Wildman–Crippen MR) is 107 cm³/mol. The van der Waals surface area contributed by atoms with Crippen LogP contribution >= 0.6 is 24.0 Å². The summed E-state index contributed by atoms with van der Waals surface area (Å²) in [5.74, 6) is -1.34. The molecule has 0 unspecified atom stereocenters.